The fourth-order valence-corrected chi connectivity index (χ4v) is 1.69. The molecule has 1 aliphatic rings. The summed E-state index contributed by atoms with van der Waals surface area (Å²) >= 11 is 0. The molecule has 5 nitrogen and oxygen atoms in total. The summed E-state index contributed by atoms with van der Waals surface area (Å²) in [5.41, 5.74) is 2.31. The molecule has 0 bridgehead atoms. The van der Waals surface area contributed by atoms with Gasteiger partial charge in [-0.2, -0.15) is 0 Å². The molecule has 0 saturated heterocycles. The van der Waals surface area contributed by atoms with Crippen molar-refractivity contribution in [3.8, 4) is 0 Å². The number of nitrogens with one attached hydrogen (secondary N) is 1. The molecule has 1 unspecified atom stereocenters. The van der Waals surface area contributed by atoms with Crippen molar-refractivity contribution in [1.29, 1.82) is 0 Å². The van der Waals surface area contributed by atoms with Crippen LogP contribution in [0.3, 0.4) is 0 Å². The summed E-state index contributed by atoms with van der Waals surface area (Å²) in [4.78, 5) is 15.8. The van der Waals surface area contributed by atoms with E-state index >= 15 is 0 Å². The van der Waals surface area contributed by atoms with E-state index in [0.29, 0.717) is 29.0 Å². The lowest BCUT2D eigenvalue weighted by atomic mass is 9.90. The third-order valence-corrected chi connectivity index (χ3v) is 2.56. The highest BCUT2D eigenvalue weighted by molar-refractivity contribution is 6.25. The fraction of sp³-hybridized carbons (Fsp3) is 0.333. The molecule has 18 heavy (non-hydrogen) atoms. The van der Waals surface area contributed by atoms with E-state index in [-0.39, 0.29) is 0 Å². The number of rotatable bonds is 3. The number of esters is 1. The molecule has 2 rings (SSSR count). The summed E-state index contributed by atoms with van der Waals surface area (Å²) in [6.45, 7) is 2.09. The van der Waals surface area contributed by atoms with E-state index < -0.39 is 12.2 Å². The van der Waals surface area contributed by atoms with E-state index in [1.54, 1.807) is 26.2 Å². The van der Waals surface area contributed by atoms with Gasteiger partial charge in [0, 0.05) is 13.3 Å². The molecule has 0 spiro atoms. The maximum Gasteiger partial charge on any atom is 0.339 e. The zero-order valence-electron chi connectivity index (χ0n) is 10.3. The van der Waals surface area contributed by atoms with Crippen LogP contribution in [-0.2, 0) is 9.47 Å². The average Bonchev–Trinajstić information content (AvgIpc) is 2.37. The van der Waals surface area contributed by atoms with Gasteiger partial charge in [0.05, 0.1) is 23.6 Å². The minimum atomic E-state index is -0.406. The number of carbonyl (C=O) groups is 1. The van der Waals surface area contributed by atoms with Crippen LogP contribution in [0.4, 0.5) is 5.69 Å². The molecule has 1 atom stereocenters. The van der Waals surface area contributed by atoms with E-state index in [1.807, 2.05) is 0 Å². The summed E-state index contributed by atoms with van der Waals surface area (Å²) in [5, 5.41) is 3.05. The molecular weight excluding hydrogens is 231 g/mol. The maximum absolute atomic E-state index is 11.6. The summed E-state index contributed by atoms with van der Waals surface area (Å²) < 4.78 is 10.1. The van der Waals surface area contributed by atoms with Gasteiger partial charge >= 0.3 is 5.97 Å². The molecule has 2 heterocycles. The van der Waals surface area contributed by atoms with Crippen molar-refractivity contribution in [2.45, 2.75) is 13.2 Å². The minimum absolute atomic E-state index is 0.330. The number of fused-ring (bicyclic) bond motifs is 1. The Morgan fingerprint density at radius 1 is 1.61 bits per heavy atom. The monoisotopic (exact) mass is 244 g/mol. The van der Waals surface area contributed by atoms with Crippen LogP contribution in [0.15, 0.2) is 17.7 Å². The van der Waals surface area contributed by atoms with Crippen LogP contribution in [0.2, 0.25) is 0 Å². The predicted molar refractivity (Wildman–Crippen MR) is 68.3 cm³/mol. The van der Waals surface area contributed by atoms with Crippen LogP contribution >= 0.6 is 0 Å². The molecule has 1 aromatic rings. The topological polar surface area (TPSA) is 60.5 Å². The Kier molecular flexibility index (Phi) is 3.67. The van der Waals surface area contributed by atoms with Crippen molar-refractivity contribution in [2.24, 2.45) is 0 Å². The third-order valence-electron chi connectivity index (χ3n) is 2.56. The number of nitrogens with zero attached hydrogens (tertiary/aromatic N) is 1. The molecule has 1 N–H and O–H groups in total. The molecular formula is C12H13BN2O3. The molecule has 2 radical (unpaired) electrons. The number of pyridine rings is 1. The Morgan fingerprint density at radius 2 is 2.39 bits per heavy atom. The predicted octanol–water partition coefficient (Wildman–Crippen LogP) is 1.17. The lowest BCUT2D eigenvalue weighted by molar-refractivity contribution is 0.0526. The molecule has 92 valence electrons. The Hall–Kier alpha value is -1.82. The van der Waals surface area contributed by atoms with Crippen LogP contribution in [0.5, 0.6) is 0 Å². The van der Waals surface area contributed by atoms with Crippen molar-refractivity contribution in [3.05, 3.63) is 29.0 Å². The summed E-state index contributed by atoms with van der Waals surface area (Å²) in [6, 6.07) is 1.68. The average molecular weight is 244 g/mol. The van der Waals surface area contributed by atoms with E-state index in [0.717, 1.165) is 0 Å². The fourth-order valence-electron chi connectivity index (χ4n) is 1.69. The summed E-state index contributed by atoms with van der Waals surface area (Å²) in [7, 11) is 7.34. The first-order valence-electron chi connectivity index (χ1n) is 5.59. The quantitative estimate of drug-likeness (QED) is 0.638. The second kappa shape index (κ2) is 5.22. The van der Waals surface area contributed by atoms with Crippen molar-refractivity contribution in [3.63, 3.8) is 0 Å². The Morgan fingerprint density at radius 3 is 3.06 bits per heavy atom. The van der Waals surface area contributed by atoms with Gasteiger partial charge in [-0.05, 0) is 19.1 Å². The lowest BCUT2D eigenvalue weighted by Crippen LogP contribution is -2.28. The van der Waals surface area contributed by atoms with Gasteiger partial charge in [-0.15, -0.1) is 0 Å². The van der Waals surface area contributed by atoms with Crippen molar-refractivity contribution < 1.29 is 14.3 Å². The second-order valence-electron chi connectivity index (χ2n) is 3.78. The molecule has 1 aliphatic heterocycles. The molecule has 0 saturated carbocycles. The maximum atomic E-state index is 11.6. The highest BCUT2D eigenvalue weighted by Gasteiger charge is 2.19. The van der Waals surface area contributed by atoms with Gasteiger partial charge in [0.1, 0.15) is 14.1 Å². The highest BCUT2D eigenvalue weighted by atomic mass is 16.5. The number of anilines is 1. The largest absolute Gasteiger partial charge is 0.462 e. The van der Waals surface area contributed by atoms with Crippen molar-refractivity contribution >= 4 is 25.6 Å². The van der Waals surface area contributed by atoms with Gasteiger partial charge < -0.3 is 14.8 Å². The number of hydrogen-bond donors (Lipinski definition) is 1. The molecule has 0 aromatic carbocycles. The molecule has 0 aliphatic carbocycles. The number of aromatic nitrogens is 1. The number of hydrogen-bond acceptors (Lipinski definition) is 5. The van der Waals surface area contributed by atoms with Gasteiger partial charge in [-0.25, -0.2) is 4.79 Å². The van der Waals surface area contributed by atoms with E-state index in [9.17, 15) is 4.79 Å². The Balaban J connectivity index is 2.31. The van der Waals surface area contributed by atoms with E-state index in [4.69, 9.17) is 17.3 Å². The highest BCUT2D eigenvalue weighted by Crippen LogP contribution is 2.25. The Labute approximate surface area is 107 Å². The van der Waals surface area contributed by atoms with E-state index in [2.05, 4.69) is 10.3 Å². The zero-order chi connectivity index (χ0) is 13.1. The minimum Gasteiger partial charge on any atom is -0.462 e. The van der Waals surface area contributed by atoms with Crippen molar-refractivity contribution in [2.75, 3.05) is 19.0 Å². The van der Waals surface area contributed by atoms with Crippen LogP contribution in [0, 0.1) is 0 Å². The number of carbonyl (C=O) groups excluding carboxylic acids is 1. The van der Waals surface area contributed by atoms with Crippen LogP contribution in [0.25, 0.3) is 6.08 Å². The second-order valence-corrected chi connectivity index (χ2v) is 3.78. The van der Waals surface area contributed by atoms with Gasteiger partial charge in [0.15, 0.2) is 0 Å². The lowest BCUT2D eigenvalue weighted by Gasteiger charge is -2.25. The van der Waals surface area contributed by atoms with Crippen LogP contribution in [0.1, 0.15) is 23.0 Å². The summed E-state index contributed by atoms with van der Waals surface area (Å²) in [6.07, 6.45) is 2.78. The molecule has 0 amide bonds. The molecule has 0 fully saturated rings. The molecule has 6 heteroatoms. The standard InChI is InChI=1S/C12H13BN2O3/c1-3-18-12(16)7-4-10-9(14-6-7)5-8(13)11(15-10)17-2/h4-6,11,15H,3H2,1-2H3. The van der Waals surface area contributed by atoms with Crippen LogP contribution < -0.4 is 5.32 Å². The van der Waals surface area contributed by atoms with Crippen LogP contribution in [-0.4, -0.2) is 38.7 Å². The van der Waals surface area contributed by atoms with Gasteiger partial charge in [-0.1, -0.05) is 5.47 Å². The first-order chi connectivity index (χ1) is 8.65. The van der Waals surface area contributed by atoms with Gasteiger partial charge in [-0.3, -0.25) is 4.98 Å². The smallest absolute Gasteiger partial charge is 0.339 e. The summed E-state index contributed by atoms with van der Waals surface area (Å²) in [5.74, 6) is -0.397. The normalized spacial score (nSPS) is 17.4. The van der Waals surface area contributed by atoms with Gasteiger partial charge in [0.2, 0.25) is 0 Å². The first-order valence-corrected chi connectivity index (χ1v) is 5.59. The van der Waals surface area contributed by atoms with E-state index in [1.165, 1.54) is 6.20 Å². The third kappa shape index (κ3) is 2.38. The zero-order valence-corrected chi connectivity index (χ0v) is 10.3. The first kappa shape index (κ1) is 12.6. The number of methoxy groups -OCH3 is 1. The molecule has 1 aromatic heterocycles. The Bertz CT molecular complexity index is 502. The van der Waals surface area contributed by atoms with Crippen molar-refractivity contribution in [1.82, 2.24) is 4.98 Å². The SMILES string of the molecule is [B]C1=Cc2ncc(C(=O)OCC)cc2NC1OC. The number of ether oxygens (including phenoxy) is 2. The van der Waals surface area contributed by atoms with Gasteiger partial charge in [0.25, 0.3) is 0 Å².